The van der Waals surface area contributed by atoms with Gasteiger partial charge in [0.2, 0.25) is 0 Å². The van der Waals surface area contributed by atoms with Gasteiger partial charge in [0.25, 0.3) is 0 Å². The minimum absolute atomic E-state index is 0.0471. The van der Waals surface area contributed by atoms with E-state index in [0.29, 0.717) is 12.8 Å². The number of amides is 2. The van der Waals surface area contributed by atoms with E-state index in [1.807, 2.05) is 6.92 Å². The smallest absolute Gasteiger partial charge is 0.329 e. The van der Waals surface area contributed by atoms with Crippen LogP contribution in [-0.4, -0.2) is 40.2 Å². The van der Waals surface area contributed by atoms with Crippen molar-refractivity contribution in [2.24, 2.45) is 0 Å². The Bertz CT molecular complexity index is 292. The first-order valence-electron chi connectivity index (χ1n) is 5.90. The zero-order chi connectivity index (χ0) is 12.9. The van der Waals surface area contributed by atoms with E-state index < -0.39 is 11.5 Å². The molecule has 17 heavy (non-hydrogen) atoms. The standard InChI is InChI=1S/C11H20N2O3S/c1-3-17-7-8(2)12-10(16)13-11(9(14)15)5-4-6-11/h8H,3-7H2,1-2H3,(H,14,15)(H2,12,13,16). The van der Waals surface area contributed by atoms with E-state index in [4.69, 9.17) is 5.11 Å². The Morgan fingerprint density at radius 3 is 2.53 bits per heavy atom. The molecule has 1 aliphatic carbocycles. The lowest BCUT2D eigenvalue weighted by Crippen LogP contribution is -2.62. The number of carbonyl (C=O) groups is 2. The van der Waals surface area contributed by atoms with E-state index >= 15 is 0 Å². The Hall–Kier alpha value is -0.910. The summed E-state index contributed by atoms with van der Waals surface area (Å²) in [5.74, 6) is 0.908. The van der Waals surface area contributed by atoms with Gasteiger partial charge in [0.15, 0.2) is 0 Å². The Balaban J connectivity index is 2.36. The largest absolute Gasteiger partial charge is 0.480 e. The van der Waals surface area contributed by atoms with Crippen molar-refractivity contribution in [3.05, 3.63) is 0 Å². The Morgan fingerprint density at radius 1 is 1.47 bits per heavy atom. The Kier molecular flexibility index (Phi) is 5.11. The highest BCUT2D eigenvalue weighted by Gasteiger charge is 2.45. The first-order valence-corrected chi connectivity index (χ1v) is 7.05. The van der Waals surface area contributed by atoms with E-state index in [1.54, 1.807) is 11.8 Å². The van der Waals surface area contributed by atoms with Crippen LogP contribution < -0.4 is 10.6 Å². The quantitative estimate of drug-likeness (QED) is 0.675. The molecule has 5 nitrogen and oxygen atoms in total. The molecule has 1 saturated carbocycles. The molecule has 6 heteroatoms. The first-order chi connectivity index (χ1) is 8.00. The summed E-state index contributed by atoms with van der Waals surface area (Å²) >= 11 is 1.74. The van der Waals surface area contributed by atoms with Gasteiger partial charge in [0, 0.05) is 11.8 Å². The number of hydrogen-bond donors (Lipinski definition) is 3. The molecule has 0 saturated heterocycles. The number of carbonyl (C=O) groups excluding carboxylic acids is 1. The topological polar surface area (TPSA) is 78.4 Å². The average molecular weight is 260 g/mol. The van der Waals surface area contributed by atoms with E-state index in [1.165, 1.54) is 0 Å². The summed E-state index contributed by atoms with van der Waals surface area (Å²) in [4.78, 5) is 22.7. The van der Waals surface area contributed by atoms with Crippen molar-refractivity contribution < 1.29 is 14.7 Å². The van der Waals surface area contributed by atoms with Crippen LogP contribution in [0.1, 0.15) is 33.1 Å². The van der Waals surface area contributed by atoms with Crippen molar-refractivity contribution in [1.29, 1.82) is 0 Å². The molecule has 1 aliphatic rings. The van der Waals surface area contributed by atoms with Gasteiger partial charge in [-0.25, -0.2) is 9.59 Å². The van der Waals surface area contributed by atoms with Crippen molar-refractivity contribution in [3.63, 3.8) is 0 Å². The summed E-state index contributed by atoms with van der Waals surface area (Å²) in [6, 6.07) is -0.331. The summed E-state index contributed by atoms with van der Waals surface area (Å²) in [6.45, 7) is 3.97. The molecule has 1 rings (SSSR count). The van der Waals surface area contributed by atoms with Crippen LogP contribution >= 0.6 is 11.8 Å². The van der Waals surface area contributed by atoms with Crippen molar-refractivity contribution in [2.75, 3.05) is 11.5 Å². The normalized spacial score (nSPS) is 18.9. The van der Waals surface area contributed by atoms with Crippen LogP contribution in [0.3, 0.4) is 0 Å². The number of carboxylic acid groups (broad SMARTS) is 1. The Labute approximate surface area is 106 Å². The van der Waals surface area contributed by atoms with Crippen LogP contribution in [0.25, 0.3) is 0 Å². The highest BCUT2D eigenvalue weighted by molar-refractivity contribution is 7.99. The number of hydrogen-bond acceptors (Lipinski definition) is 3. The summed E-state index contributed by atoms with van der Waals surface area (Å²) in [5, 5.41) is 14.4. The second kappa shape index (κ2) is 6.14. The SMILES string of the molecule is CCSCC(C)NC(=O)NC1(C(=O)O)CCC1. The zero-order valence-corrected chi connectivity index (χ0v) is 11.1. The predicted molar refractivity (Wildman–Crippen MR) is 68.3 cm³/mol. The number of nitrogens with one attached hydrogen (secondary N) is 2. The predicted octanol–water partition coefficient (Wildman–Crippen LogP) is 1.43. The second-order valence-corrected chi connectivity index (χ2v) is 5.72. The molecular weight excluding hydrogens is 240 g/mol. The van der Waals surface area contributed by atoms with E-state index in [2.05, 4.69) is 17.6 Å². The van der Waals surface area contributed by atoms with Gasteiger partial charge >= 0.3 is 12.0 Å². The number of rotatable bonds is 6. The molecule has 0 aromatic rings. The molecule has 3 N–H and O–H groups in total. The lowest BCUT2D eigenvalue weighted by molar-refractivity contribution is -0.148. The number of urea groups is 1. The maximum atomic E-state index is 11.6. The van der Waals surface area contributed by atoms with Crippen molar-refractivity contribution in [2.45, 2.75) is 44.7 Å². The van der Waals surface area contributed by atoms with Gasteiger partial charge in [0.1, 0.15) is 5.54 Å². The van der Waals surface area contributed by atoms with Gasteiger partial charge in [0.05, 0.1) is 0 Å². The van der Waals surface area contributed by atoms with Crippen molar-refractivity contribution >= 4 is 23.8 Å². The molecule has 0 radical (unpaired) electrons. The van der Waals surface area contributed by atoms with Crippen LogP contribution in [0.15, 0.2) is 0 Å². The zero-order valence-electron chi connectivity index (χ0n) is 10.3. The molecule has 1 fully saturated rings. The maximum absolute atomic E-state index is 11.6. The summed E-state index contributed by atoms with van der Waals surface area (Å²) in [5.41, 5.74) is -1.03. The third-order valence-corrected chi connectivity index (χ3v) is 4.06. The molecule has 0 heterocycles. The fraction of sp³-hybridized carbons (Fsp3) is 0.818. The van der Waals surface area contributed by atoms with Crippen LogP contribution in [0.4, 0.5) is 4.79 Å². The Morgan fingerprint density at radius 2 is 2.12 bits per heavy atom. The van der Waals surface area contributed by atoms with Crippen LogP contribution in [-0.2, 0) is 4.79 Å². The molecule has 1 atom stereocenters. The molecule has 2 amide bonds. The van der Waals surface area contributed by atoms with Gasteiger partial charge < -0.3 is 15.7 Å². The van der Waals surface area contributed by atoms with E-state index in [-0.39, 0.29) is 12.1 Å². The molecule has 0 aliphatic heterocycles. The third kappa shape index (κ3) is 3.80. The van der Waals surface area contributed by atoms with Gasteiger partial charge in [-0.3, -0.25) is 0 Å². The van der Waals surface area contributed by atoms with Crippen molar-refractivity contribution in [1.82, 2.24) is 10.6 Å². The van der Waals surface area contributed by atoms with Gasteiger partial charge in [-0.15, -0.1) is 0 Å². The number of carboxylic acids is 1. The van der Waals surface area contributed by atoms with E-state index in [0.717, 1.165) is 17.9 Å². The van der Waals surface area contributed by atoms with Crippen LogP contribution in [0.5, 0.6) is 0 Å². The van der Waals surface area contributed by atoms with Crippen LogP contribution in [0.2, 0.25) is 0 Å². The van der Waals surface area contributed by atoms with Gasteiger partial charge in [-0.1, -0.05) is 6.92 Å². The van der Waals surface area contributed by atoms with Crippen LogP contribution in [0, 0.1) is 0 Å². The fourth-order valence-corrected chi connectivity index (χ4v) is 2.41. The average Bonchev–Trinajstić information content (AvgIpc) is 2.19. The molecule has 0 spiro atoms. The summed E-state index contributed by atoms with van der Waals surface area (Å²) in [6.07, 6.45) is 1.90. The molecule has 98 valence electrons. The lowest BCUT2D eigenvalue weighted by atomic mass is 9.77. The monoisotopic (exact) mass is 260 g/mol. The number of thioether (sulfide) groups is 1. The molecular formula is C11H20N2O3S. The highest BCUT2D eigenvalue weighted by atomic mass is 32.2. The fourth-order valence-electron chi connectivity index (χ4n) is 1.74. The molecule has 0 aromatic carbocycles. The highest BCUT2D eigenvalue weighted by Crippen LogP contribution is 2.31. The summed E-state index contributed by atoms with van der Waals surface area (Å²) < 4.78 is 0. The van der Waals surface area contributed by atoms with Gasteiger partial charge in [-0.05, 0) is 31.9 Å². The van der Waals surface area contributed by atoms with Gasteiger partial charge in [-0.2, -0.15) is 11.8 Å². The summed E-state index contributed by atoms with van der Waals surface area (Å²) in [7, 11) is 0. The molecule has 0 bridgehead atoms. The van der Waals surface area contributed by atoms with E-state index in [9.17, 15) is 9.59 Å². The minimum atomic E-state index is -1.03. The first kappa shape index (κ1) is 14.2. The minimum Gasteiger partial charge on any atom is -0.480 e. The second-order valence-electron chi connectivity index (χ2n) is 4.40. The van der Waals surface area contributed by atoms with Crippen molar-refractivity contribution in [3.8, 4) is 0 Å². The molecule has 0 aromatic heterocycles. The third-order valence-electron chi connectivity index (χ3n) is 2.92. The maximum Gasteiger partial charge on any atom is 0.329 e. The number of aliphatic carboxylic acids is 1. The molecule has 1 unspecified atom stereocenters. The lowest BCUT2D eigenvalue weighted by Gasteiger charge is -2.38.